The van der Waals surface area contributed by atoms with Crippen LogP contribution < -0.4 is 5.32 Å². The predicted molar refractivity (Wildman–Crippen MR) is 111 cm³/mol. The summed E-state index contributed by atoms with van der Waals surface area (Å²) in [5, 5.41) is 12.3. The summed E-state index contributed by atoms with van der Waals surface area (Å²) in [5.74, 6) is -2.45. The number of carbonyl (C=O) groups is 1. The maximum Gasteiger partial charge on any atom is 0.435 e. The molecule has 0 bridgehead atoms. The van der Waals surface area contributed by atoms with Gasteiger partial charge >= 0.3 is 6.18 Å². The van der Waals surface area contributed by atoms with Crippen molar-refractivity contribution in [2.75, 3.05) is 0 Å². The van der Waals surface area contributed by atoms with Gasteiger partial charge in [0, 0.05) is 37.4 Å². The van der Waals surface area contributed by atoms with Crippen molar-refractivity contribution in [2.45, 2.75) is 33.4 Å². The minimum absolute atomic E-state index is 0.0629. The van der Waals surface area contributed by atoms with Gasteiger partial charge in [0.15, 0.2) is 11.5 Å². The molecule has 1 amide bonds. The molecule has 0 radical (unpaired) electrons. The van der Waals surface area contributed by atoms with E-state index in [-0.39, 0.29) is 29.3 Å². The van der Waals surface area contributed by atoms with Gasteiger partial charge in [0.05, 0.1) is 11.3 Å². The molecule has 0 saturated heterocycles. The molecule has 12 heteroatoms. The van der Waals surface area contributed by atoms with Crippen LogP contribution in [0, 0.1) is 17.0 Å². The topological polar surface area (TPSA) is 88.0 Å². The number of carbonyl (C=O) groups excluding carboxylic acids is 1. The Morgan fingerprint density at radius 2 is 1.76 bits per heavy atom. The number of alkyl halides is 3. The normalized spacial score (nSPS) is 12.8. The fourth-order valence-corrected chi connectivity index (χ4v) is 3.04. The molecule has 1 aromatic carbocycles. The molecule has 0 spiro atoms. The number of benzene rings is 1. The monoisotopic (exact) mass is 468 g/mol. The minimum Gasteiger partial charge on any atom is -0.310 e. The number of amides is 1. The number of aromatic nitrogens is 4. The third-order valence-electron chi connectivity index (χ3n) is 4.28. The second kappa shape index (κ2) is 8.75. The van der Waals surface area contributed by atoms with Gasteiger partial charge in [-0.05, 0) is 17.5 Å². The van der Waals surface area contributed by atoms with Crippen LogP contribution in [0.1, 0.15) is 43.2 Å². The Hall–Kier alpha value is -3.57. The molecule has 2 heterocycles. The third kappa shape index (κ3) is 6.24. The van der Waals surface area contributed by atoms with Gasteiger partial charge in [0.25, 0.3) is 5.91 Å². The van der Waals surface area contributed by atoms with Crippen LogP contribution in [0.15, 0.2) is 35.5 Å². The van der Waals surface area contributed by atoms with Crippen molar-refractivity contribution in [2.24, 2.45) is 17.5 Å². The quantitative estimate of drug-likeness (QED) is 0.321. The van der Waals surface area contributed by atoms with Crippen LogP contribution in [0.3, 0.4) is 0 Å². The summed E-state index contributed by atoms with van der Waals surface area (Å²) < 4.78 is 67.6. The second-order valence-electron chi connectivity index (χ2n) is 8.61. The Labute approximate surface area is 185 Å². The van der Waals surface area contributed by atoms with Crippen LogP contribution in [-0.2, 0) is 13.2 Å². The first-order chi connectivity index (χ1) is 15.2. The molecule has 2 N–H and O–H groups in total. The molecular formula is C21H21F5N6O. The lowest BCUT2D eigenvalue weighted by molar-refractivity contribution is -0.141. The van der Waals surface area contributed by atoms with Crippen molar-refractivity contribution in [3.8, 4) is 11.3 Å². The molecule has 0 aliphatic heterocycles. The van der Waals surface area contributed by atoms with Crippen LogP contribution in [0.4, 0.5) is 27.8 Å². The molecule has 7 nitrogen and oxygen atoms in total. The number of hydrogen-bond donors (Lipinski definition) is 2. The van der Waals surface area contributed by atoms with Gasteiger partial charge in [0.2, 0.25) is 0 Å². The average Bonchev–Trinajstić information content (AvgIpc) is 3.26. The smallest absolute Gasteiger partial charge is 0.310 e. The highest BCUT2D eigenvalue weighted by atomic mass is 19.4. The zero-order valence-corrected chi connectivity index (χ0v) is 18.2. The molecule has 2 aromatic heterocycles. The molecule has 33 heavy (non-hydrogen) atoms. The SMILES string of the molecule is Cn1cc(C(=O)NC(CC(C)(C)C)=Nc2cc(-c3cc(F)cc(F)c3)[nH]n2)c(C(F)(F)F)n1. The number of hydrogen-bond acceptors (Lipinski definition) is 4. The maximum absolute atomic E-state index is 13.5. The summed E-state index contributed by atoms with van der Waals surface area (Å²) in [6.45, 7) is 5.56. The van der Waals surface area contributed by atoms with Gasteiger partial charge in [-0.25, -0.2) is 13.8 Å². The summed E-state index contributed by atoms with van der Waals surface area (Å²) in [4.78, 5) is 16.9. The van der Waals surface area contributed by atoms with E-state index in [4.69, 9.17) is 0 Å². The maximum atomic E-state index is 13.5. The first-order valence-electron chi connectivity index (χ1n) is 9.73. The van der Waals surface area contributed by atoms with E-state index in [0.717, 1.165) is 29.1 Å². The number of nitrogens with one attached hydrogen (secondary N) is 2. The number of amidine groups is 1. The molecule has 0 atom stereocenters. The predicted octanol–water partition coefficient (Wildman–Crippen LogP) is 5.00. The summed E-state index contributed by atoms with van der Waals surface area (Å²) in [6, 6.07) is 4.32. The molecule has 0 unspecified atom stereocenters. The van der Waals surface area contributed by atoms with Gasteiger partial charge in [-0.2, -0.15) is 23.4 Å². The van der Waals surface area contributed by atoms with E-state index in [2.05, 4.69) is 25.6 Å². The lowest BCUT2D eigenvalue weighted by atomic mass is 9.91. The fourth-order valence-electron chi connectivity index (χ4n) is 3.04. The largest absolute Gasteiger partial charge is 0.435 e. The lowest BCUT2D eigenvalue weighted by Crippen LogP contribution is -2.34. The Kier molecular flexibility index (Phi) is 6.39. The lowest BCUT2D eigenvalue weighted by Gasteiger charge is -2.19. The molecular weight excluding hydrogens is 447 g/mol. The summed E-state index contributed by atoms with van der Waals surface area (Å²) in [5.41, 5.74) is -1.90. The van der Waals surface area contributed by atoms with E-state index < -0.39 is 40.4 Å². The first-order valence-corrected chi connectivity index (χ1v) is 9.73. The van der Waals surface area contributed by atoms with Crippen molar-refractivity contribution < 1.29 is 26.7 Å². The van der Waals surface area contributed by atoms with Gasteiger partial charge in [-0.3, -0.25) is 14.6 Å². The van der Waals surface area contributed by atoms with E-state index in [0.29, 0.717) is 0 Å². The highest BCUT2D eigenvalue weighted by molar-refractivity contribution is 6.07. The Morgan fingerprint density at radius 3 is 2.33 bits per heavy atom. The van der Waals surface area contributed by atoms with Crippen LogP contribution in [0.2, 0.25) is 0 Å². The second-order valence-corrected chi connectivity index (χ2v) is 8.61. The zero-order chi connectivity index (χ0) is 24.6. The third-order valence-corrected chi connectivity index (χ3v) is 4.28. The van der Waals surface area contributed by atoms with Crippen LogP contribution in [0.5, 0.6) is 0 Å². The van der Waals surface area contributed by atoms with Crippen LogP contribution >= 0.6 is 0 Å². The van der Waals surface area contributed by atoms with Crippen molar-refractivity contribution in [3.05, 3.63) is 53.4 Å². The summed E-state index contributed by atoms with van der Waals surface area (Å²) in [6.07, 6.45) is -3.65. The number of halogens is 5. The van der Waals surface area contributed by atoms with Crippen molar-refractivity contribution >= 4 is 17.6 Å². The molecule has 176 valence electrons. The number of rotatable bonds is 4. The van der Waals surface area contributed by atoms with Crippen molar-refractivity contribution in [3.63, 3.8) is 0 Å². The fraction of sp³-hybridized carbons (Fsp3) is 0.333. The standard InChI is InChI=1S/C21H21F5N6O/c1-20(2,3)9-17(28-19(33)14-10-32(4)31-18(14)21(24,25)26)27-16-8-15(29-30-16)11-5-12(22)7-13(23)6-11/h5-8,10H,9H2,1-4H3,(H2,27,28,29,30,33). The summed E-state index contributed by atoms with van der Waals surface area (Å²) >= 11 is 0. The average molecular weight is 468 g/mol. The molecule has 0 saturated carbocycles. The Bertz CT molecular complexity index is 1180. The molecule has 0 aliphatic carbocycles. The number of aryl methyl sites for hydroxylation is 1. The van der Waals surface area contributed by atoms with Gasteiger partial charge in [0.1, 0.15) is 17.5 Å². The highest BCUT2D eigenvalue weighted by Crippen LogP contribution is 2.31. The van der Waals surface area contributed by atoms with E-state index in [1.165, 1.54) is 13.1 Å². The molecule has 0 aliphatic rings. The van der Waals surface area contributed by atoms with Gasteiger partial charge < -0.3 is 5.32 Å². The minimum atomic E-state index is -4.81. The Morgan fingerprint density at radius 1 is 1.12 bits per heavy atom. The van der Waals surface area contributed by atoms with Crippen molar-refractivity contribution in [1.82, 2.24) is 25.3 Å². The van der Waals surface area contributed by atoms with E-state index >= 15 is 0 Å². The van der Waals surface area contributed by atoms with Gasteiger partial charge in [-0.15, -0.1) is 0 Å². The first kappa shape index (κ1) is 24.1. The number of H-pyrrole nitrogens is 1. The van der Waals surface area contributed by atoms with E-state index in [1.807, 2.05) is 20.8 Å². The zero-order valence-electron chi connectivity index (χ0n) is 18.2. The van der Waals surface area contributed by atoms with Crippen LogP contribution in [-0.4, -0.2) is 31.7 Å². The molecule has 3 aromatic rings. The number of nitrogens with zero attached hydrogens (tertiary/aromatic N) is 4. The molecule has 3 rings (SSSR count). The highest BCUT2D eigenvalue weighted by Gasteiger charge is 2.39. The summed E-state index contributed by atoms with van der Waals surface area (Å²) in [7, 11) is 1.27. The van der Waals surface area contributed by atoms with E-state index in [1.54, 1.807) is 0 Å². The van der Waals surface area contributed by atoms with Crippen molar-refractivity contribution in [1.29, 1.82) is 0 Å². The Balaban J connectivity index is 1.93. The number of aliphatic imine (C=N–C) groups is 1. The van der Waals surface area contributed by atoms with E-state index in [9.17, 15) is 26.7 Å². The van der Waals surface area contributed by atoms with Crippen LogP contribution in [0.25, 0.3) is 11.3 Å². The van der Waals surface area contributed by atoms with Gasteiger partial charge in [-0.1, -0.05) is 20.8 Å². The molecule has 0 fully saturated rings. The number of aromatic amines is 1.